The van der Waals surface area contributed by atoms with Gasteiger partial charge in [0.2, 0.25) is 10.0 Å². The van der Waals surface area contributed by atoms with Crippen molar-refractivity contribution in [3.05, 3.63) is 24.0 Å². The molecule has 0 unspecified atom stereocenters. The second-order valence-corrected chi connectivity index (χ2v) is 5.08. The van der Waals surface area contributed by atoms with Crippen LogP contribution >= 0.6 is 0 Å². The Morgan fingerprint density at radius 3 is 2.63 bits per heavy atom. The number of nitriles is 1. The van der Waals surface area contributed by atoms with Crippen molar-refractivity contribution in [1.29, 1.82) is 5.26 Å². The highest BCUT2D eigenvalue weighted by Crippen LogP contribution is 2.22. The highest BCUT2D eigenvalue weighted by molar-refractivity contribution is 7.89. The molecule has 0 aliphatic heterocycles. The van der Waals surface area contributed by atoms with Gasteiger partial charge in [-0.15, -0.1) is 0 Å². The van der Waals surface area contributed by atoms with Gasteiger partial charge in [0.05, 0.1) is 6.54 Å². The van der Waals surface area contributed by atoms with Gasteiger partial charge in [-0.1, -0.05) is 0 Å². The largest absolute Gasteiger partial charge is 0.320 e. The van der Waals surface area contributed by atoms with E-state index in [0.29, 0.717) is 0 Å². The number of pyridine rings is 1. The number of nitrogens with one attached hydrogen (secondary N) is 1. The number of rotatable bonds is 5. The summed E-state index contributed by atoms with van der Waals surface area (Å²) >= 11 is 0. The van der Waals surface area contributed by atoms with Gasteiger partial charge in [0.1, 0.15) is 11.0 Å². The van der Waals surface area contributed by atoms with Gasteiger partial charge in [-0.2, -0.15) is 14.0 Å². The van der Waals surface area contributed by atoms with Crippen LogP contribution < -0.4 is 4.72 Å². The minimum absolute atomic E-state index is 0.518. The van der Waals surface area contributed by atoms with Crippen LogP contribution in [0.15, 0.2) is 23.2 Å². The molecule has 10 heteroatoms. The summed E-state index contributed by atoms with van der Waals surface area (Å²) in [5.41, 5.74) is -0.518. The molecule has 0 amide bonds. The Kier molecular flexibility index (Phi) is 4.43. The van der Waals surface area contributed by atoms with E-state index in [2.05, 4.69) is 4.98 Å². The fourth-order valence-electron chi connectivity index (χ4n) is 1.04. The Morgan fingerprint density at radius 2 is 2.11 bits per heavy atom. The van der Waals surface area contributed by atoms with Crippen LogP contribution in [0, 0.1) is 11.3 Å². The second-order valence-electron chi connectivity index (χ2n) is 3.35. The molecule has 1 aromatic rings. The summed E-state index contributed by atoms with van der Waals surface area (Å²) in [6.45, 7) is -1.77. The fraction of sp³-hybridized carbons (Fsp3) is 0.333. The second kappa shape index (κ2) is 5.50. The van der Waals surface area contributed by atoms with E-state index in [1.165, 1.54) is 16.9 Å². The lowest BCUT2D eigenvalue weighted by Gasteiger charge is -2.16. The minimum atomic E-state index is -4.52. The molecule has 0 bridgehead atoms. The van der Waals surface area contributed by atoms with Crippen molar-refractivity contribution in [2.24, 2.45) is 0 Å². The average Bonchev–Trinajstić information content (AvgIpc) is 2.36. The molecular formula is C9H7F4N3O2S. The van der Waals surface area contributed by atoms with Crippen LogP contribution in [0.25, 0.3) is 0 Å². The molecule has 0 spiro atoms. The Balaban J connectivity index is 2.98. The van der Waals surface area contributed by atoms with Crippen LogP contribution in [0.5, 0.6) is 0 Å². The molecule has 1 aromatic heterocycles. The maximum atomic E-state index is 12.6. The SMILES string of the molecule is N#Cc1ncccc1S(=O)(=O)NCC(F)(F)C(F)F. The standard InChI is InChI=1S/C9H7F4N3O2S/c10-8(11)9(12,13)5-16-19(17,18)7-2-1-3-15-6(7)4-14/h1-3,8,16H,5H2. The van der Waals surface area contributed by atoms with E-state index in [4.69, 9.17) is 5.26 Å². The van der Waals surface area contributed by atoms with Gasteiger partial charge in [-0.05, 0) is 12.1 Å². The summed E-state index contributed by atoms with van der Waals surface area (Å²) in [4.78, 5) is 2.78. The van der Waals surface area contributed by atoms with Gasteiger partial charge in [0.15, 0.2) is 5.69 Å². The molecule has 104 valence electrons. The Morgan fingerprint density at radius 1 is 1.47 bits per heavy atom. The summed E-state index contributed by atoms with van der Waals surface area (Å²) < 4.78 is 73.5. The molecule has 0 radical (unpaired) electrons. The van der Waals surface area contributed by atoms with E-state index in [1.54, 1.807) is 0 Å². The molecule has 0 fully saturated rings. The zero-order valence-corrected chi connectivity index (χ0v) is 9.96. The van der Waals surface area contributed by atoms with Crippen molar-refractivity contribution in [2.75, 3.05) is 6.54 Å². The molecule has 19 heavy (non-hydrogen) atoms. The zero-order valence-electron chi connectivity index (χ0n) is 9.15. The van der Waals surface area contributed by atoms with Crippen molar-refractivity contribution < 1.29 is 26.0 Å². The van der Waals surface area contributed by atoms with E-state index in [0.717, 1.165) is 12.3 Å². The number of alkyl halides is 4. The molecular weight excluding hydrogens is 290 g/mol. The Bertz CT molecular complexity index is 598. The quantitative estimate of drug-likeness (QED) is 0.826. The van der Waals surface area contributed by atoms with E-state index < -0.39 is 39.5 Å². The monoisotopic (exact) mass is 297 g/mol. The van der Waals surface area contributed by atoms with Crippen molar-refractivity contribution in [1.82, 2.24) is 9.71 Å². The maximum Gasteiger partial charge on any atom is 0.320 e. The lowest BCUT2D eigenvalue weighted by molar-refractivity contribution is -0.122. The van der Waals surface area contributed by atoms with Gasteiger partial charge < -0.3 is 0 Å². The van der Waals surface area contributed by atoms with Crippen LogP contribution in [0.3, 0.4) is 0 Å². The normalized spacial score (nSPS) is 12.4. The summed E-state index contributed by atoms with van der Waals surface area (Å²) in [5.74, 6) is -4.50. The first-order valence-corrected chi connectivity index (χ1v) is 6.20. The van der Waals surface area contributed by atoms with E-state index >= 15 is 0 Å². The summed E-state index contributed by atoms with van der Waals surface area (Å²) in [5, 5.41) is 8.63. The van der Waals surface area contributed by atoms with Crippen LogP contribution in [-0.4, -0.2) is 32.3 Å². The van der Waals surface area contributed by atoms with E-state index in [-0.39, 0.29) is 0 Å². The van der Waals surface area contributed by atoms with E-state index in [9.17, 15) is 26.0 Å². The maximum absolute atomic E-state index is 12.6. The molecule has 0 aliphatic carbocycles. The molecule has 5 nitrogen and oxygen atoms in total. The summed E-state index contributed by atoms with van der Waals surface area (Å²) in [7, 11) is -4.52. The first-order valence-electron chi connectivity index (χ1n) is 4.71. The lowest BCUT2D eigenvalue weighted by Crippen LogP contribution is -2.41. The van der Waals surface area contributed by atoms with Crippen molar-refractivity contribution in [2.45, 2.75) is 17.2 Å². The predicted octanol–water partition coefficient (Wildman–Crippen LogP) is 1.13. The summed E-state index contributed by atoms with van der Waals surface area (Å²) in [6, 6.07) is 3.58. The highest BCUT2D eigenvalue weighted by atomic mass is 32.2. The number of sulfonamides is 1. The third-order valence-electron chi connectivity index (χ3n) is 1.98. The van der Waals surface area contributed by atoms with Crippen LogP contribution in [-0.2, 0) is 10.0 Å². The number of hydrogen-bond donors (Lipinski definition) is 1. The van der Waals surface area contributed by atoms with Gasteiger partial charge in [0.25, 0.3) is 0 Å². The Labute approximate surface area is 105 Å². The first kappa shape index (κ1) is 15.3. The number of halogens is 4. The molecule has 0 atom stereocenters. The van der Waals surface area contributed by atoms with Crippen LogP contribution in [0.4, 0.5) is 17.6 Å². The predicted molar refractivity (Wildman–Crippen MR) is 55.1 cm³/mol. The number of nitrogens with zero attached hydrogens (tertiary/aromatic N) is 2. The lowest BCUT2D eigenvalue weighted by atomic mass is 10.4. The molecule has 0 aromatic carbocycles. The number of aromatic nitrogens is 1. The van der Waals surface area contributed by atoms with Gasteiger partial charge in [-0.25, -0.2) is 26.9 Å². The van der Waals surface area contributed by atoms with Gasteiger partial charge in [-0.3, -0.25) is 0 Å². The first-order chi connectivity index (χ1) is 8.70. The Hall–Kier alpha value is -1.73. The highest BCUT2D eigenvalue weighted by Gasteiger charge is 2.41. The average molecular weight is 297 g/mol. The van der Waals surface area contributed by atoms with Crippen molar-refractivity contribution in [3.8, 4) is 6.07 Å². The molecule has 1 heterocycles. The topological polar surface area (TPSA) is 82.8 Å². The van der Waals surface area contributed by atoms with E-state index in [1.807, 2.05) is 0 Å². The minimum Gasteiger partial charge on any atom is -0.244 e. The van der Waals surface area contributed by atoms with Crippen molar-refractivity contribution in [3.63, 3.8) is 0 Å². The van der Waals surface area contributed by atoms with Crippen molar-refractivity contribution >= 4 is 10.0 Å². The molecule has 0 saturated carbocycles. The third-order valence-corrected chi connectivity index (χ3v) is 3.42. The zero-order chi connectivity index (χ0) is 14.7. The third kappa shape index (κ3) is 3.62. The smallest absolute Gasteiger partial charge is 0.244 e. The molecule has 0 saturated heterocycles. The summed E-state index contributed by atoms with van der Waals surface area (Å²) in [6.07, 6.45) is -2.87. The molecule has 0 aliphatic rings. The van der Waals surface area contributed by atoms with Crippen LogP contribution in [0.1, 0.15) is 5.69 Å². The molecule has 1 rings (SSSR count). The van der Waals surface area contributed by atoms with Gasteiger partial charge in [0, 0.05) is 6.20 Å². The van der Waals surface area contributed by atoms with Crippen LogP contribution in [0.2, 0.25) is 0 Å². The number of hydrogen-bond acceptors (Lipinski definition) is 4. The fourth-order valence-corrected chi connectivity index (χ4v) is 2.19. The van der Waals surface area contributed by atoms with Gasteiger partial charge >= 0.3 is 12.3 Å². The molecule has 1 N–H and O–H groups in total.